The topological polar surface area (TPSA) is 73.0 Å². The summed E-state index contributed by atoms with van der Waals surface area (Å²) in [5.74, 6) is 0.598. The lowest BCUT2D eigenvalue weighted by Gasteiger charge is -2.06. The zero-order valence-corrected chi connectivity index (χ0v) is 13.6. The molecule has 4 rings (SSSR count). The van der Waals surface area contributed by atoms with Crippen LogP contribution in [0.2, 0.25) is 0 Å². The van der Waals surface area contributed by atoms with E-state index in [0.29, 0.717) is 23.3 Å². The molecule has 0 amide bonds. The third kappa shape index (κ3) is 3.01. The molecule has 0 aliphatic heterocycles. The minimum absolute atomic E-state index is 0.0550. The van der Waals surface area contributed by atoms with Gasteiger partial charge in [-0.2, -0.15) is 0 Å². The number of nitrogens with zero attached hydrogens (tertiary/aromatic N) is 3. The molecule has 2 heterocycles. The van der Waals surface area contributed by atoms with Crippen LogP contribution in [0.1, 0.15) is 5.69 Å². The van der Waals surface area contributed by atoms with Gasteiger partial charge in [-0.3, -0.25) is 4.79 Å². The van der Waals surface area contributed by atoms with Gasteiger partial charge >= 0.3 is 0 Å². The number of aromatic nitrogens is 3. The summed E-state index contributed by atoms with van der Waals surface area (Å²) in [7, 11) is 1.69. The van der Waals surface area contributed by atoms with E-state index >= 15 is 0 Å². The quantitative estimate of drug-likeness (QED) is 0.621. The number of fused-ring (bicyclic) bond motifs is 1. The van der Waals surface area contributed by atoms with Gasteiger partial charge < -0.3 is 14.3 Å². The van der Waals surface area contributed by atoms with E-state index in [1.807, 2.05) is 42.5 Å². The number of benzene rings is 2. The number of hydrogen-bond acceptors (Lipinski definition) is 5. The third-order valence-electron chi connectivity index (χ3n) is 3.96. The van der Waals surface area contributed by atoms with Gasteiger partial charge in [0, 0.05) is 18.3 Å². The summed E-state index contributed by atoms with van der Waals surface area (Å²) in [6.45, 7) is 0.521. The van der Waals surface area contributed by atoms with Crippen LogP contribution in [0.25, 0.3) is 22.4 Å². The molecule has 0 bridgehead atoms. The van der Waals surface area contributed by atoms with E-state index in [4.69, 9.17) is 4.42 Å². The van der Waals surface area contributed by atoms with Crippen molar-refractivity contribution in [1.82, 2.24) is 14.5 Å². The van der Waals surface area contributed by atoms with Crippen molar-refractivity contribution >= 4 is 16.6 Å². The van der Waals surface area contributed by atoms with Crippen molar-refractivity contribution in [3.63, 3.8) is 0 Å². The van der Waals surface area contributed by atoms with Gasteiger partial charge in [-0.05, 0) is 30.3 Å². The molecule has 6 nitrogen and oxygen atoms in total. The van der Waals surface area contributed by atoms with Gasteiger partial charge in [-0.25, -0.2) is 9.97 Å². The maximum Gasteiger partial charge on any atom is 0.260 e. The predicted molar refractivity (Wildman–Crippen MR) is 96.2 cm³/mol. The Labute approximate surface area is 143 Å². The molecule has 1 N–H and O–H groups in total. The van der Waals surface area contributed by atoms with Crippen molar-refractivity contribution in [2.24, 2.45) is 7.05 Å². The molecule has 0 radical (unpaired) electrons. The number of rotatable bonds is 4. The van der Waals surface area contributed by atoms with E-state index in [-0.39, 0.29) is 5.56 Å². The highest BCUT2D eigenvalue weighted by atomic mass is 16.3. The Morgan fingerprint density at radius 2 is 2.00 bits per heavy atom. The van der Waals surface area contributed by atoms with E-state index in [2.05, 4.69) is 15.3 Å². The lowest BCUT2D eigenvalue weighted by Crippen LogP contribution is -2.16. The monoisotopic (exact) mass is 332 g/mol. The molecule has 25 heavy (non-hydrogen) atoms. The van der Waals surface area contributed by atoms with Gasteiger partial charge in [0.1, 0.15) is 6.26 Å². The third-order valence-corrected chi connectivity index (χ3v) is 3.96. The van der Waals surface area contributed by atoms with Crippen molar-refractivity contribution in [3.05, 3.63) is 77.2 Å². The van der Waals surface area contributed by atoms with Crippen LogP contribution in [0, 0.1) is 0 Å². The van der Waals surface area contributed by atoms with E-state index in [1.54, 1.807) is 19.4 Å². The van der Waals surface area contributed by atoms with Crippen molar-refractivity contribution in [1.29, 1.82) is 0 Å². The largest absolute Gasteiger partial charge is 0.444 e. The molecule has 0 saturated heterocycles. The molecule has 0 aliphatic carbocycles. The summed E-state index contributed by atoms with van der Waals surface area (Å²) >= 11 is 0. The average molecular weight is 332 g/mol. The molecular weight excluding hydrogens is 316 g/mol. The molecule has 0 unspecified atom stereocenters. The first kappa shape index (κ1) is 15.1. The molecule has 2 aromatic carbocycles. The predicted octanol–water partition coefficient (Wildman–Crippen LogP) is 3.20. The highest BCUT2D eigenvalue weighted by molar-refractivity contribution is 5.81. The number of hydrogen-bond donors (Lipinski definition) is 1. The Balaban J connectivity index is 1.52. The Kier molecular flexibility index (Phi) is 3.78. The van der Waals surface area contributed by atoms with E-state index in [1.165, 1.54) is 10.9 Å². The first-order valence-corrected chi connectivity index (χ1v) is 7.90. The van der Waals surface area contributed by atoms with E-state index < -0.39 is 0 Å². The maximum absolute atomic E-state index is 12.0. The number of aryl methyl sites for hydroxylation is 1. The lowest BCUT2D eigenvalue weighted by molar-refractivity contribution is 0.573. The maximum atomic E-state index is 12.0. The van der Waals surface area contributed by atoms with Crippen molar-refractivity contribution in [2.75, 3.05) is 5.32 Å². The van der Waals surface area contributed by atoms with E-state index in [9.17, 15) is 4.79 Å². The van der Waals surface area contributed by atoms with Gasteiger partial charge in [0.2, 0.25) is 5.89 Å². The van der Waals surface area contributed by atoms with Crippen LogP contribution in [0.4, 0.5) is 5.69 Å². The fraction of sp³-hybridized carbons (Fsp3) is 0.105. The smallest absolute Gasteiger partial charge is 0.260 e. The van der Waals surface area contributed by atoms with Crippen LogP contribution in [-0.4, -0.2) is 14.5 Å². The number of nitrogens with one attached hydrogen (secondary N) is 1. The molecule has 2 aromatic heterocycles. The highest BCUT2D eigenvalue weighted by Crippen LogP contribution is 2.19. The summed E-state index contributed by atoms with van der Waals surface area (Å²) in [5.41, 5.74) is 3.23. The second-order valence-electron chi connectivity index (χ2n) is 5.76. The first-order valence-electron chi connectivity index (χ1n) is 7.90. The van der Waals surface area contributed by atoms with Gasteiger partial charge in [0.05, 0.1) is 29.5 Å². The van der Waals surface area contributed by atoms with Crippen LogP contribution in [-0.2, 0) is 13.6 Å². The molecular formula is C19H16N4O2. The lowest BCUT2D eigenvalue weighted by atomic mass is 10.2. The zero-order valence-electron chi connectivity index (χ0n) is 13.6. The Bertz CT molecular complexity index is 1080. The second kappa shape index (κ2) is 6.24. The highest BCUT2D eigenvalue weighted by Gasteiger charge is 2.07. The molecule has 0 spiro atoms. The molecule has 124 valence electrons. The van der Waals surface area contributed by atoms with Crippen molar-refractivity contribution < 1.29 is 4.42 Å². The Morgan fingerprint density at radius 1 is 1.16 bits per heavy atom. The summed E-state index contributed by atoms with van der Waals surface area (Å²) in [6.07, 6.45) is 3.17. The summed E-state index contributed by atoms with van der Waals surface area (Å²) in [6, 6.07) is 15.3. The molecule has 4 aromatic rings. The van der Waals surface area contributed by atoms with Crippen LogP contribution < -0.4 is 10.9 Å². The molecule has 0 fully saturated rings. The minimum Gasteiger partial charge on any atom is -0.444 e. The van der Waals surface area contributed by atoms with Gasteiger partial charge in [0.15, 0.2) is 0 Å². The zero-order chi connectivity index (χ0) is 17.2. The summed E-state index contributed by atoms with van der Waals surface area (Å²) in [4.78, 5) is 20.8. The Morgan fingerprint density at radius 3 is 2.84 bits per heavy atom. The average Bonchev–Trinajstić information content (AvgIpc) is 3.13. The number of oxazole rings is 1. The summed E-state index contributed by atoms with van der Waals surface area (Å²) in [5, 5.41) is 3.88. The Hall–Kier alpha value is -3.41. The molecule has 0 aliphatic rings. The van der Waals surface area contributed by atoms with Crippen LogP contribution in [0.5, 0.6) is 0 Å². The van der Waals surface area contributed by atoms with Gasteiger partial charge in [0.25, 0.3) is 5.56 Å². The van der Waals surface area contributed by atoms with Crippen molar-refractivity contribution in [2.45, 2.75) is 6.54 Å². The fourth-order valence-electron chi connectivity index (χ4n) is 2.61. The fourth-order valence-corrected chi connectivity index (χ4v) is 2.61. The van der Waals surface area contributed by atoms with Gasteiger partial charge in [-0.15, -0.1) is 0 Å². The molecule has 0 atom stereocenters. The first-order chi connectivity index (χ1) is 12.2. The van der Waals surface area contributed by atoms with Crippen LogP contribution in [0.15, 0.2) is 70.3 Å². The van der Waals surface area contributed by atoms with Gasteiger partial charge in [-0.1, -0.05) is 18.2 Å². The SMILES string of the molecule is Cn1cnc2cc(NCc3coc(-c4ccccc4)n3)ccc2c1=O. The van der Waals surface area contributed by atoms with Crippen molar-refractivity contribution in [3.8, 4) is 11.5 Å². The summed E-state index contributed by atoms with van der Waals surface area (Å²) < 4.78 is 7.00. The molecule has 6 heteroatoms. The molecule has 0 saturated carbocycles. The minimum atomic E-state index is -0.0550. The normalized spacial score (nSPS) is 10.9. The number of anilines is 1. The standard InChI is InChI=1S/C19H16N4O2/c1-23-12-21-17-9-14(7-8-16(17)19(23)24)20-10-15-11-25-18(22-15)13-5-3-2-4-6-13/h2-9,11-12,20H,10H2,1H3. The second-order valence-corrected chi connectivity index (χ2v) is 5.76. The van der Waals surface area contributed by atoms with E-state index in [0.717, 1.165) is 16.9 Å². The van der Waals surface area contributed by atoms with Crippen LogP contribution >= 0.6 is 0 Å². The van der Waals surface area contributed by atoms with Crippen LogP contribution in [0.3, 0.4) is 0 Å².